The van der Waals surface area contributed by atoms with Crippen LogP contribution in [0.4, 0.5) is 0 Å². The number of pyridine rings is 1. The van der Waals surface area contributed by atoms with Crippen LogP contribution in [0.15, 0.2) is 18.3 Å². The minimum absolute atomic E-state index is 0.190. The van der Waals surface area contributed by atoms with Gasteiger partial charge >= 0.3 is 0 Å². The molecule has 0 bridgehead atoms. The van der Waals surface area contributed by atoms with Gasteiger partial charge in [0.15, 0.2) is 0 Å². The molecule has 124 valence electrons. The molecule has 2 aliphatic rings. The van der Waals surface area contributed by atoms with E-state index in [0.717, 1.165) is 19.4 Å². The van der Waals surface area contributed by atoms with Gasteiger partial charge in [0.1, 0.15) is 5.56 Å². The van der Waals surface area contributed by atoms with Gasteiger partial charge in [-0.1, -0.05) is 12.8 Å². The molecule has 1 atom stereocenters. The molecule has 1 unspecified atom stereocenters. The summed E-state index contributed by atoms with van der Waals surface area (Å²) >= 11 is 0. The molecular formula is C17H23N3O3. The lowest BCUT2D eigenvalue weighted by atomic mass is 10.1. The van der Waals surface area contributed by atoms with Gasteiger partial charge in [-0.3, -0.25) is 9.59 Å². The van der Waals surface area contributed by atoms with E-state index in [9.17, 15) is 9.59 Å². The lowest BCUT2D eigenvalue weighted by Crippen LogP contribution is -2.36. The van der Waals surface area contributed by atoms with E-state index in [0.29, 0.717) is 30.5 Å². The second kappa shape index (κ2) is 6.98. The molecular weight excluding hydrogens is 294 g/mol. The summed E-state index contributed by atoms with van der Waals surface area (Å²) in [6, 6.07) is 3.81. The summed E-state index contributed by atoms with van der Waals surface area (Å²) in [5.41, 5.74) is 0.423. The maximum Gasteiger partial charge on any atom is 0.256 e. The van der Waals surface area contributed by atoms with Gasteiger partial charge in [-0.25, -0.2) is 4.98 Å². The molecule has 1 saturated carbocycles. The number of nitrogens with one attached hydrogen (secondary N) is 1. The molecule has 1 aromatic heterocycles. The molecule has 1 aliphatic carbocycles. The van der Waals surface area contributed by atoms with E-state index < -0.39 is 0 Å². The molecule has 2 heterocycles. The van der Waals surface area contributed by atoms with Crippen LogP contribution in [0.1, 0.15) is 42.5 Å². The van der Waals surface area contributed by atoms with E-state index >= 15 is 0 Å². The van der Waals surface area contributed by atoms with E-state index in [4.69, 9.17) is 4.74 Å². The molecule has 1 saturated heterocycles. The molecule has 6 nitrogen and oxygen atoms in total. The van der Waals surface area contributed by atoms with Crippen molar-refractivity contribution in [1.82, 2.24) is 15.2 Å². The molecule has 2 amide bonds. The maximum absolute atomic E-state index is 12.3. The normalized spacial score (nSPS) is 21.7. The third-order valence-corrected chi connectivity index (χ3v) is 4.76. The first-order chi connectivity index (χ1) is 11.2. The fraction of sp³-hybridized carbons (Fsp3) is 0.588. The molecule has 1 N–H and O–H groups in total. The Hall–Kier alpha value is -2.11. The van der Waals surface area contributed by atoms with Crippen molar-refractivity contribution in [3.8, 4) is 5.88 Å². The van der Waals surface area contributed by atoms with Crippen LogP contribution in [0.3, 0.4) is 0 Å². The minimum atomic E-state index is -0.207. The largest absolute Gasteiger partial charge is 0.480 e. The van der Waals surface area contributed by atoms with Gasteiger partial charge in [-0.05, 0) is 25.0 Å². The number of carbonyl (C=O) groups excluding carboxylic acids is 2. The van der Waals surface area contributed by atoms with Crippen LogP contribution in [-0.2, 0) is 4.79 Å². The molecule has 0 aromatic carbocycles. The van der Waals surface area contributed by atoms with E-state index in [1.165, 1.54) is 20.0 Å². The highest BCUT2D eigenvalue weighted by molar-refractivity contribution is 5.96. The highest BCUT2D eigenvalue weighted by Crippen LogP contribution is 2.29. The number of ether oxygens (including phenoxy) is 1. The van der Waals surface area contributed by atoms with Crippen molar-refractivity contribution >= 4 is 11.8 Å². The van der Waals surface area contributed by atoms with E-state index in [2.05, 4.69) is 10.3 Å². The standard InChI is InChI=1S/C17H23N3O3/c1-23-17-14(7-4-8-18-17)16(22)19-10-12-9-15(21)20(11-12)13-5-2-3-6-13/h4,7-8,12-13H,2-3,5-6,9-11H2,1H3,(H,19,22). The molecule has 1 aromatic rings. The Balaban J connectivity index is 1.54. The highest BCUT2D eigenvalue weighted by Gasteiger charge is 2.35. The fourth-order valence-electron chi connectivity index (χ4n) is 3.57. The van der Waals surface area contributed by atoms with Crippen molar-refractivity contribution in [1.29, 1.82) is 0 Å². The number of nitrogens with zero attached hydrogens (tertiary/aromatic N) is 2. The second-order valence-corrected chi connectivity index (χ2v) is 6.32. The number of likely N-dealkylation sites (tertiary alicyclic amines) is 1. The molecule has 2 fully saturated rings. The van der Waals surface area contributed by atoms with Gasteiger partial charge in [-0.15, -0.1) is 0 Å². The Kier molecular flexibility index (Phi) is 4.79. The monoisotopic (exact) mass is 317 g/mol. The number of rotatable bonds is 5. The Labute approximate surface area is 136 Å². The number of hydrogen-bond acceptors (Lipinski definition) is 4. The number of hydrogen-bond donors (Lipinski definition) is 1. The van der Waals surface area contributed by atoms with Crippen molar-refractivity contribution in [2.24, 2.45) is 5.92 Å². The van der Waals surface area contributed by atoms with Crippen LogP contribution in [0, 0.1) is 5.92 Å². The van der Waals surface area contributed by atoms with Crippen molar-refractivity contribution in [3.63, 3.8) is 0 Å². The molecule has 1 aliphatic heterocycles. The van der Waals surface area contributed by atoms with E-state index in [-0.39, 0.29) is 17.7 Å². The smallest absolute Gasteiger partial charge is 0.256 e. The summed E-state index contributed by atoms with van der Waals surface area (Å²) in [5.74, 6) is 0.534. The zero-order valence-corrected chi connectivity index (χ0v) is 13.5. The van der Waals surface area contributed by atoms with Gasteiger partial charge in [0.05, 0.1) is 7.11 Å². The van der Waals surface area contributed by atoms with Crippen LogP contribution in [0.2, 0.25) is 0 Å². The fourth-order valence-corrected chi connectivity index (χ4v) is 3.57. The first kappa shape index (κ1) is 15.8. The Morgan fingerprint density at radius 1 is 1.43 bits per heavy atom. The van der Waals surface area contributed by atoms with Crippen LogP contribution in [0.5, 0.6) is 5.88 Å². The summed E-state index contributed by atoms with van der Waals surface area (Å²) in [5, 5.41) is 2.91. The maximum atomic E-state index is 12.3. The third kappa shape index (κ3) is 3.46. The van der Waals surface area contributed by atoms with Crippen molar-refractivity contribution < 1.29 is 14.3 Å². The van der Waals surface area contributed by atoms with Gasteiger partial charge in [-0.2, -0.15) is 0 Å². The van der Waals surface area contributed by atoms with Gasteiger partial charge < -0.3 is 15.0 Å². The number of aromatic nitrogens is 1. The lowest BCUT2D eigenvalue weighted by Gasteiger charge is -2.24. The molecule has 23 heavy (non-hydrogen) atoms. The van der Waals surface area contributed by atoms with Crippen LogP contribution < -0.4 is 10.1 Å². The summed E-state index contributed by atoms with van der Waals surface area (Å²) in [6.45, 7) is 1.26. The lowest BCUT2D eigenvalue weighted by molar-refractivity contribution is -0.129. The number of methoxy groups -OCH3 is 1. The zero-order chi connectivity index (χ0) is 16.2. The summed E-state index contributed by atoms with van der Waals surface area (Å²) in [4.78, 5) is 30.5. The summed E-state index contributed by atoms with van der Waals surface area (Å²) in [7, 11) is 1.49. The molecule has 6 heteroatoms. The topological polar surface area (TPSA) is 71.5 Å². The van der Waals surface area contributed by atoms with Crippen molar-refractivity contribution in [2.45, 2.75) is 38.1 Å². The third-order valence-electron chi connectivity index (χ3n) is 4.76. The predicted molar refractivity (Wildman–Crippen MR) is 85.2 cm³/mol. The minimum Gasteiger partial charge on any atom is -0.480 e. The average Bonchev–Trinajstić information content (AvgIpc) is 3.21. The highest BCUT2D eigenvalue weighted by atomic mass is 16.5. The van der Waals surface area contributed by atoms with Crippen LogP contribution >= 0.6 is 0 Å². The van der Waals surface area contributed by atoms with Crippen LogP contribution in [0.25, 0.3) is 0 Å². The Morgan fingerprint density at radius 2 is 2.22 bits per heavy atom. The quantitative estimate of drug-likeness (QED) is 0.895. The molecule has 0 spiro atoms. The first-order valence-electron chi connectivity index (χ1n) is 8.25. The van der Waals surface area contributed by atoms with Gasteiger partial charge in [0, 0.05) is 37.7 Å². The molecule has 3 rings (SSSR count). The first-order valence-corrected chi connectivity index (χ1v) is 8.25. The van der Waals surface area contributed by atoms with E-state index in [1.54, 1.807) is 18.3 Å². The average molecular weight is 317 g/mol. The predicted octanol–water partition coefficient (Wildman–Crippen LogP) is 1.61. The Bertz CT molecular complexity index is 584. The summed E-state index contributed by atoms with van der Waals surface area (Å²) in [6.07, 6.45) is 6.80. The molecule has 0 radical (unpaired) electrons. The SMILES string of the molecule is COc1ncccc1C(=O)NCC1CC(=O)N(C2CCCC2)C1. The number of carbonyl (C=O) groups is 2. The second-order valence-electron chi connectivity index (χ2n) is 6.32. The van der Waals surface area contributed by atoms with Gasteiger partial charge in [0.2, 0.25) is 11.8 Å². The van der Waals surface area contributed by atoms with Gasteiger partial charge in [0.25, 0.3) is 5.91 Å². The van der Waals surface area contributed by atoms with Crippen molar-refractivity contribution in [2.75, 3.05) is 20.2 Å². The summed E-state index contributed by atoms with van der Waals surface area (Å²) < 4.78 is 5.11. The van der Waals surface area contributed by atoms with Crippen LogP contribution in [-0.4, -0.2) is 47.9 Å². The Morgan fingerprint density at radius 3 is 2.96 bits per heavy atom. The zero-order valence-electron chi connectivity index (χ0n) is 13.5. The number of amides is 2. The van der Waals surface area contributed by atoms with E-state index in [1.807, 2.05) is 4.90 Å². The van der Waals surface area contributed by atoms with Crippen molar-refractivity contribution in [3.05, 3.63) is 23.9 Å².